The first-order valence-electron chi connectivity index (χ1n) is 6.73. The van der Waals surface area contributed by atoms with Crippen LogP contribution in [0.3, 0.4) is 0 Å². The molecule has 0 amide bonds. The number of nitrogens with one attached hydrogen (secondary N) is 1. The lowest BCUT2D eigenvalue weighted by Gasteiger charge is -2.30. The lowest BCUT2D eigenvalue weighted by atomic mass is 10.00. The van der Waals surface area contributed by atoms with Crippen molar-refractivity contribution >= 4 is 21.7 Å². The third kappa shape index (κ3) is 2.86. The van der Waals surface area contributed by atoms with Crippen molar-refractivity contribution in [3.05, 3.63) is 22.3 Å². The van der Waals surface area contributed by atoms with Gasteiger partial charge in [0.2, 0.25) is 0 Å². The summed E-state index contributed by atoms with van der Waals surface area (Å²) in [5.74, 6) is 1.81. The largest absolute Gasteiger partial charge is 0.378 e. The van der Waals surface area contributed by atoms with Crippen molar-refractivity contribution in [1.82, 2.24) is 4.98 Å². The Morgan fingerprint density at radius 1 is 1.33 bits per heavy atom. The maximum Gasteiger partial charge on any atom is 0.126 e. The molecule has 4 heteroatoms. The van der Waals surface area contributed by atoms with Crippen LogP contribution in [0.2, 0.25) is 0 Å². The van der Waals surface area contributed by atoms with E-state index in [0.29, 0.717) is 12.1 Å². The topological polar surface area (TPSA) is 34.2 Å². The number of hydrogen-bond acceptors (Lipinski definition) is 3. The molecule has 98 valence electrons. The predicted molar refractivity (Wildman–Crippen MR) is 75.8 cm³/mol. The molecule has 2 atom stereocenters. The van der Waals surface area contributed by atoms with Crippen LogP contribution in [0.15, 0.2) is 16.6 Å². The summed E-state index contributed by atoms with van der Waals surface area (Å²) in [5.41, 5.74) is 1.03. The molecule has 1 N–H and O–H groups in total. The van der Waals surface area contributed by atoms with Crippen LogP contribution < -0.4 is 5.32 Å². The van der Waals surface area contributed by atoms with Gasteiger partial charge in [0.05, 0.1) is 11.8 Å². The molecule has 2 aliphatic rings. The second kappa shape index (κ2) is 5.17. The number of nitrogens with zero attached hydrogens (tertiary/aromatic N) is 1. The molecule has 0 radical (unpaired) electrons. The molecule has 1 aromatic rings. The number of anilines is 1. The third-order valence-corrected chi connectivity index (χ3v) is 4.67. The summed E-state index contributed by atoms with van der Waals surface area (Å²) in [6.07, 6.45) is 5.40. The van der Waals surface area contributed by atoms with Crippen LogP contribution in [0.5, 0.6) is 0 Å². The highest BCUT2D eigenvalue weighted by atomic mass is 79.9. The van der Waals surface area contributed by atoms with E-state index in [9.17, 15) is 0 Å². The van der Waals surface area contributed by atoms with E-state index in [2.05, 4.69) is 32.3 Å². The first kappa shape index (κ1) is 12.4. The first-order valence-corrected chi connectivity index (χ1v) is 7.53. The van der Waals surface area contributed by atoms with Crippen molar-refractivity contribution in [1.29, 1.82) is 0 Å². The van der Waals surface area contributed by atoms with Crippen molar-refractivity contribution in [2.75, 3.05) is 11.9 Å². The zero-order chi connectivity index (χ0) is 12.5. The Morgan fingerprint density at radius 3 is 2.89 bits per heavy atom. The van der Waals surface area contributed by atoms with Gasteiger partial charge < -0.3 is 10.1 Å². The summed E-state index contributed by atoms with van der Waals surface area (Å²) < 4.78 is 6.91. The van der Waals surface area contributed by atoms with Crippen LogP contribution >= 0.6 is 15.9 Å². The molecule has 3 rings (SSSR count). The van der Waals surface area contributed by atoms with Gasteiger partial charge in [0.1, 0.15) is 5.82 Å². The summed E-state index contributed by atoms with van der Waals surface area (Å²) in [5, 5.41) is 3.55. The summed E-state index contributed by atoms with van der Waals surface area (Å²) in [6.45, 7) is 2.90. The van der Waals surface area contributed by atoms with E-state index in [-0.39, 0.29) is 0 Å². The quantitative estimate of drug-likeness (QED) is 0.927. The van der Waals surface area contributed by atoms with E-state index in [1.807, 2.05) is 13.0 Å². The fraction of sp³-hybridized carbons (Fsp3) is 0.643. The number of ether oxygens (including phenoxy) is 1. The van der Waals surface area contributed by atoms with Crippen molar-refractivity contribution in [2.24, 2.45) is 5.92 Å². The van der Waals surface area contributed by atoms with E-state index in [4.69, 9.17) is 4.74 Å². The smallest absolute Gasteiger partial charge is 0.126 e. The van der Waals surface area contributed by atoms with E-state index in [1.54, 1.807) is 0 Å². The Hall–Kier alpha value is -0.610. The molecule has 0 spiro atoms. The molecule has 1 saturated carbocycles. The number of rotatable bonds is 3. The molecule has 2 fully saturated rings. The van der Waals surface area contributed by atoms with Crippen molar-refractivity contribution in [2.45, 2.75) is 44.8 Å². The Bertz CT molecular complexity index is 434. The minimum absolute atomic E-state index is 0.479. The van der Waals surface area contributed by atoms with Gasteiger partial charge in [-0.15, -0.1) is 0 Å². The Kier molecular flexibility index (Phi) is 3.57. The van der Waals surface area contributed by atoms with Gasteiger partial charge in [-0.25, -0.2) is 4.98 Å². The lowest BCUT2D eigenvalue weighted by molar-refractivity contribution is -0.00223. The van der Waals surface area contributed by atoms with Crippen LogP contribution in [0.1, 0.15) is 31.4 Å². The zero-order valence-corrected chi connectivity index (χ0v) is 12.2. The number of hydrogen-bond donors (Lipinski definition) is 1. The maximum atomic E-state index is 5.84. The zero-order valence-electron chi connectivity index (χ0n) is 10.7. The van der Waals surface area contributed by atoms with E-state index in [0.717, 1.165) is 41.4 Å². The summed E-state index contributed by atoms with van der Waals surface area (Å²) in [7, 11) is 0. The molecule has 2 unspecified atom stereocenters. The van der Waals surface area contributed by atoms with E-state index in [1.165, 1.54) is 12.8 Å². The normalized spacial score (nSPS) is 28.1. The monoisotopic (exact) mass is 310 g/mol. The highest BCUT2D eigenvalue weighted by Crippen LogP contribution is 2.38. The summed E-state index contributed by atoms with van der Waals surface area (Å²) in [6, 6.07) is 4.61. The fourth-order valence-electron chi connectivity index (χ4n) is 2.59. The summed E-state index contributed by atoms with van der Waals surface area (Å²) in [4.78, 5) is 4.55. The molecule has 1 aromatic heterocycles. The highest BCUT2D eigenvalue weighted by Gasteiger charge is 2.35. The predicted octanol–water partition coefficient (Wildman–Crippen LogP) is 3.52. The van der Waals surface area contributed by atoms with Gasteiger partial charge in [-0.1, -0.05) is 0 Å². The van der Waals surface area contributed by atoms with Crippen LogP contribution in [-0.4, -0.2) is 23.7 Å². The summed E-state index contributed by atoms with van der Waals surface area (Å²) >= 11 is 3.48. The van der Waals surface area contributed by atoms with Gasteiger partial charge >= 0.3 is 0 Å². The van der Waals surface area contributed by atoms with Crippen molar-refractivity contribution in [3.8, 4) is 0 Å². The molecule has 0 bridgehead atoms. The Labute approximate surface area is 116 Å². The average molecular weight is 311 g/mol. The molecular formula is C14H19BrN2O. The van der Waals surface area contributed by atoms with Crippen molar-refractivity contribution in [3.63, 3.8) is 0 Å². The molecular weight excluding hydrogens is 292 g/mol. The van der Waals surface area contributed by atoms with E-state index >= 15 is 0 Å². The molecule has 18 heavy (non-hydrogen) atoms. The average Bonchev–Trinajstić information content (AvgIpc) is 3.18. The lowest BCUT2D eigenvalue weighted by Crippen LogP contribution is -2.35. The van der Waals surface area contributed by atoms with Gasteiger partial charge in [0, 0.05) is 17.1 Å². The Morgan fingerprint density at radius 2 is 2.17 bits per heavy atom. The molecule has 1 saturated heterocycles. The third-order valence-electron chi connectivity index (χ3n) is 3.84. The number of aryl methyl sites for hydroxylation is 1. The minimum atomic E-state index is 0.479. The van der Waals surface area contributed by atoms with Gasteiger partial charge in [0.15, 0.2) is 0 Å². The van der Waals surface area contributed by atoms with Crippen LogP contribution in [0.4, 0.5) is 5.82 Å². The second-order valence-corrected chi connectivity index (χ2v) is 6.23. The molecule has 2 heterocycles. The van der Waals surface area contributed by atoms with Crippen LogP contribution in [0, 0.1) is 12.8 Å². The highest BCUT2D eigenvalue weighted by molar-refractivity contribution is 9.10. The molecule has 1 aliphatic carbocycles. The minimum Gasteiger partial charge on any atom is -0.378 e. The molecule has 0 aromatic carbocycles. The number of aromatic nitrogens is 1. The molecule has 1 aliphatic heterocycles. The Balaban J connectivity index is 1.62. The standard InChI is InChI=1S/C14H19BrN2O/c1-9-12(15)4-5-14(16-9)17-11-6-7-18-13(8-11)10-2-3-10/h4-5,10-11,13H,2-3,6-8H2,1H3,(H,16,17). The van der Waals surface area contributed by atoms with Crippen LogP contribution in [0.25, 0.3) is 0 Å². The van der Waals surface area contributed by atoms with Crippen LogP contribution in [-0.2, 0) is 4.74 Å². The number of pyridine rings is 1. The number of halogens is 1. The maximum absolute atomic E-state index is 5.84. The van der Waals surface area contributed by atoms with Gasteiger partial charge in [0.25, 0.3) is 0 Å². The van der Waals surface area contributed by atoms with Gasteiger partial charge in [-0.3, -0.25) is 0 Å². The van der Waals surface area contributed by atoms with Gasteiger partial charge in [-0.05, 0) is 66.6 Å². The van der Waals surface area contributed by atoms with E-state index < -0.39 is 0 Å². The second-order valence-electron chi connectivity index (χ2n) is 5.38. The first-order chi connectivity index (χ1) is 8.72. The molecule has 3 nitrogen and oxygen atoms in total. The fourth-order valence-corrected chi connectivity index (χ4v) is 2.81. The van der Waals surface area contributed by atoms with Crippen molar-refractivity contribution < 1.29 is 4.74 Å². The SMILES string of the molecule is Cc1nc(NC2CCOC(C3CC3)C2)ccc1Br. The van der Waals surface area contributed by atoms with Gasteiger partial charge in [-0.2, -0.15) is 0 Å².